The Morgan fingerprint density at radius 1 is 1.12 bits per heavy atom. The SMILES string of the molecule is O=C1CC(c2ccc(OC(F)F)c3oc4ccncc4c23)CN1Cc1cccc2cccnc12. The summed E-state index contributed by atoms with van der Waals surface area (Å²) in [6.45, 7) is -2.02. The van der Waals surface area contributed by atoms with Crippen LogP contribution in [-0.2, 0) is 11.3 Å². The molecule has 170 valence electrons. The fourth-order valence-corrected chi connectivity index (χ4v) is 4.89. The summed E-state index contributed by atoms with van der Waals surface area (Å²) in [4.78, 5) is 23.5. The lowest BCUT2D eigenvalue weighted by Gasteiger charge is -2.18. The van der Waals surface area contributed by atoms with Crippen LogP contribution in [0.5, 0.6) is 5.75 Å². The van der Waals surface area contributed by atoms with Crippen molar-refractivity contribution in [3.8, 4) is 5.75 Å². The maximum absolute atomic E-state index is 13.0. The van der Waals surface area contributed by atoms with Gasteiger partial charge in [0.15, 0.2) is 11.3 Å². The Balaban J connectivity index is 1.38. The number of alkyl halides is 2. The summed E-state index contributed by atoms with van der Waals surface area (Å²) in [7, 11) is 0. The molecular formula is C26H19F2N3O3. The molecular weight excluding hydrogens is 440 g/mol. The lowest BCUT2D eigenvalue weighted by Crippen LogP contribution is -2.24. The number of para-hydroxylation sites is 1. The molecule has 0 saturated carbocycles. The number of carbonyl (C=O) groups is 1. The second-order valence-electron chi connectivity index (χ2n) is 8.38. The molecule has 4 heterocycles. The van der Waals surface area contributed by atoms with E-state index in [0.717, 1.165) is 22.0 Å². The van der Waals surface area contributed by atoms with Gasteiger partial charge in [0.25, 0.3) is 0 Å². The topological polar surface area (TPSA) is 68.5 Å². The van der Waals surface area contributed by atoms with Crippen molar-refractivity contribution in [1.29, 1.82) is 0 Å². The van der Waals surface area contributed by atoms with Gasteiger partial charge in [0.1, 0.15) is 5.58 Å². The fraction of sp³-hybridized carbons (Fsp3) is 0.192. The summed E-state index contributed by atoms with van der Waals surface area (Å²) in [5.41, 5.74) is 3.49. The summed E-state index contributed by atoms with van der Waals surface area (Å²) >= 11 is 0. The van der Waals surface area contributed by atoms with Crippen LogP contribution in [0.1, 0.15) is 23.5 Å². The molecule has 6 nitrogen and oxygen atoms in total. The quantitative estimate of drug-likeness (QED) is 0.340. The highest BCUT2D eigenvalue weighted by atomic mass is 19.3. The Morgan fingerprint density at radius 2 is 2.00 bits per heavy atom. The second-order valence-corrected chi connectivity index (χ2v) is 8.38. The van der Waals surface area contributed by atoms with Gasteiger partial charge in [-0.3, -0.25) is 14.8 Å². The molecule has 1 amide bonds. The van der Waals surface area contributed by atoms with Crippen LogP contribution >= 0.6 is 0 Å². The van der Waals surface area contributed by atoms with Crippen molar-refractivity contribution >= 4 is 38.7 Å². The molecule has 0 radical (unpaired) electrons. The number of nitrogens with zero attached hydrogens (tertiary/aromatic N) is 3. The van der Waals surface area contributed by atoms with Crippen LogP contribution in [0.25, 0.3) is 32.8 Å². The molecule has 2 aromatic carbocycles. The predicted octanol–water partition coefficient (Wildman–Crippen LogP) is 5.65. The number of aromatic nitrogens is 2. The van der Waals surface area contributed by atoms with Crippen LogP contribution in [0.15, 0.2) is 71.5 Å². The smallest absolute Gasteiger partial charge is 0.387 e. The number of pyridine rings is 2. The van der Waals surface area contributed by atoms with E-state index in [1.807, 2.05) is 35.2 Å². The van der Waals surface area contributed by atoms with Crippen molar-refractivity contribution in [2.45, 2.75) is 25.5 Å². The Labute approximate surface area is 192 Å². The van der Waals surface area contributed by atoms with Crippen LogP contribution in [0.2, 0.25) is 0 Å². The number of halogens is 2. The third kappa shape index (κ3) is 3.42. The van der Waals surface area contributed by atoms with Crippen molar-refractivity contribution in [3.63, 3.8) is 0 Å². The van der Waals surface area contributed by atoms with Crippen LogP contribution in [0.3, 0.4) is 0 Å². The normalized spacial score (nSPS) is 16.4. The van der Waals surface area contributed by atoms with Crippen molar-refractivity contribution in [2.24, 2.45) is 0 Å². The first-order valence-electron chi connectivity index (χ1n) is 10.9. The van der Waals surface area contributed by atoms with Gasteiger partial charge in [0.05, 0.1) is 5.52 Å². The van der Waals surface area contributed by atoms with Crippen molar-refractivity contribution in [2.75, 3.05) is 6.54 Å². The molecule has 0 N–H and O–H groups in total. The number of fused-ring (bicyclic) bond motifs is 4. The van der Waals surface area contributed by atoms with Crippen LogP contribution in [0, 0.1) is 0 Å². The van der Waals surface area contributed by atoms with E-state index in [4.69, 9.17) is 9.15 Å². The van der Waals surface area contributed by atoms with Crippen molar-refractivity contribution in [3.05, 3.63) is 78.2 Å². The highest BCUT2D eigenvalue weighted by Crippen LogP contribution is 2.42. The summed E-state index contributed by atoms with van der Waals surface area (Å²) < 4.78 is 36.6. The lowest BCUT2D eigenvalue weighted by molar-refractivity contribution is -0.128. The Kier molecular flexibility index (Phi) is 4.86. The zero-order valence-corrected chi connectivity index (χ0v) is 17.9. The Bertz CT molecular complexity index is 1540. The second kappa shape index (κ2) is 8.06. The molecule has 1 saturated heterocycles. The molecule has 1 unspecified atom stereocenters. The van der Waals surface area contributed by atoms with Gasteiger partial charge in [-0.1, -0.05) is 30.3 Å². The first kappa shape index (κ1) is 20.5. The van der Waals surface area contributed by atoms with Crippen LogP contribution in [-0.4, -0.2) is 33.9 Å². The highest BCUT2D eigenvalue weighted by molar-refractivity contribution is 6.08. The van der Waals surface area contributed by atoms with E-state index in [-0.39, 0.29) is 23.2 Å². The van der Waals surface area contributed by atoms with Gasteiger partial charge in [-0.25, -0.2) is 0 Å². The van der Waals surface area contributed by atoms with Gasteiger partial charge in [-0.15, -0.1) is 0 Å². The molecule has 5 aromatic rings. The molecule has 6 rings (SSSR count). The number of carbonyl (C=O) groups excluding carboxylic acids is 1. The number of hydrogen-bond acceptors (Lipinski definition) is 5. The van der Waals surface area contributed by atoms with E-state index in [2.05, 4.69) is 9.97 Å². The highest BCUT2D eigenvalue weighted by Gasteiger charge is 2.33. The minimum Gasteiger partial charge on any atom is -0.452 e. The number of furan rings is 1. The molecule has 1 aliphatic heterocycles. The van der Waals surface area contributed by atoms with Crippen molar-refractivity contribution in [1.82, 2.24) is 14.9 Å². The minimum absolute atomic E-state index is 0.0323. The summed E-state index contributed by atoms with van der Waals surface area (Å²) in [6.07, 6.45) is 5.29. The summed E-state index contributed by atoms with van der Waals surface area (Å²) in [6, 6.07) is 14.8. The largest absolute Gasteiger partial charge is 0.452 e. The van der Waals surface area contributed by atoms with Crippen molar-refractivity contribution < 1.29 is 22.7 Å². The van der Waals surface area contributed by atoms with Gasteiger partial charge < -0.3 is 14.1 Å². The van der Waals surface area contributed by atoms with E-state index in [9.17, 15) is 13.6 Å². The van der Waals surface area contributed by atoms with Crippen LogP contribution in [0.4, 0.5) is 8.78 Å². The average Bonchev–Trinajstić information content (AvgIpc) is 3.40. The minimum atomic E-state index is -2.97. The Morgan fingerprint density at radius 3 is 2.88 bits per heavy atom. The molecule has 0 bridgehead atoms. The first-order valence-corrected chi connectivity index (χ1v) is 10.9. The van der Waals surface area contributed by atoms with Gasteiger partial charge in [-0.05, 0) is 29.3 Å². The van der Waals surface area contributed by atoms with E-state index >= 15 is 0 Å². The van der Waals surface area contributed by atoms with Gasteiger partial charge >= 0.3 is 6.61 Å². The molecule has 1 atom stereocenters. The molecule has 1 aliphatic rings. The number of ether oxygens (including phenoxy) is 1. The van der Waals surface area contributed by atoms with Gasteiger partial charge in [0.2, 0.25) is 5.91 Å². The van der Waals surface area contributed by atoms with E-state index in [1.165, 1.54) is 6.07 Å². The fourth-order valence-electron chi connectivity index (χ4n) is 4.89. The standard InChI is InChI=1S/C26H19F2N3O3/c27-26(28)34-21-7-6-18(23-19-12-29-10-8-20(19)33-25(21)23)17-11-22(32)31(14-17)13-16-4-1-3-15-5-2-9-30-24(15)16/h1-10,12,17,26H,11,13-14H2. The van der Waals surface area contributed by atoms with Gasteiger partial charge in [0, 0.05) is 60.2 Å². The molecule has 34 heavy (non-hydrogen) atoms. The molecule has 8 heteroatoms. The van der Waals surface area contributed by atoms with Crippen LogP contribution < -0.4 is 4.74 Å². The van der Waals surface area contributed by atoms with Gasteiger partial charge in [-0.2, -0.15) is 8.78 Å². The number of benzene rings is 2. The number of amides is 1. The maximum Gasteiger partial charge on any atom is 0.387 e. The third-order valence-electron chi connectivity index (χ3n) is 6.36. The molecule has 1 fully saturated rings. The zero-order valence-electron chi connectivity index (χ0n) is 17.9. The van der Waals surface area contributed by atoms with E-state index in [0.29, 0.717) is 35.9 Å². The molecule has 3 aromatic heterocycles. The first-order chi connectivity index (χ1) is 16.6. The predicted molar refractivity (Wildman–Crippen MR) is 123 cm³/mol. The van der Waals surface area contributed by atoms with E-state index < -0.39 is 6.61 Å². The number of hydrogen-bond donors (Lipinski definition) is 0. The number of rotatable bonds is 5. The maximum atomic E-state index is 13.0. The Hall–Kier alpha value is -4.07. The number of likely N-dealkylation sites (tertiary alicyclic amines) is 1. The molecule has 0 spiro atoms. The summed E-state index contributed by atoms with van der Waals surface area (Å²) in [5.74, 6) is -0.127. The average molecular weight is 459 g/mol. The molecule has 0 aliphatic carbocycles. The monoisotopic (exact) mass is 459 g/mol. The third-order valence-corrected chi connectivity index (χ3v) is 6.36. The van der Waals surface area contributed by atoms with E-state index in [1.54, 1.807) is 30.7 Å². The zero-order chi connectivity index (χ0) is 23.2. The lowest BCUT2D eigenvalue weighted by atomic mass is 9.93. The summed E-state index contributed by atoms with van der Waals surface area (Å²) in [5, 5.41) is 2.39.